The van der Waals surface area contributed by atoms with Crippen molar-refractivity contribution in [3.63, 3.8) is 0 Å². The molecule has 3 rings (SSSR count). The first-order valence-corrected chi connectivity index (χ1v) is 12.8. The van der Waals surface area contributed by atoms with E-state index in [9.17, 15) is 9.59 Å². The van der Waals surface area contributed by atoms with Crippen molar-refractivity contribution in [1.82, 2.24) is 25.5 Å². The van der Waals surface area contributed by atoms with Gasteiger partial charge in [-0.15, -0.1) is 5.10 Å². The van der Waals surface area contributed by atoms with Crippen molar-refractivity contribution in [3.05, 3.63) is 59.2 Å². The topological polar surface area (TPSA) is 93.0 Å². The molecule has 0 saturated carbocycles. The van der Waals surface area contributed by atoms with Crippen LogP contribution in [0.25, 0.3) is 0 Å². The maximum atomic E-state index is 13.0. The molecule has 8 nitrogen and oxygen atoms in total. The van der Waals surface area contributed by atoms with E-state index < -0.39 is 6.04 Å². The summed E-state index contributed by atoms with van der Waals surface area (Å²) < 4.78 is 1.50. The molecule has 0 radical (unpaired) electrons. The molecule has 1 atom stereocenters. The predicted molar refractivity (Wildman–Crippen MR) is 138 cm³/mol. The number of nitrogens with zero attached hydrogens (tertiary/aromatic N) is 5. The van der Waals surface area contributed by atoms with Crippen LogP contribution in [-0.4, -0.2) is 51.4 Å². The number of aryl methyl sites for hydroxylation is 2. The van der Waals surface area contributed by atoms with Crippen LogP contribution < -0.4 is 10.2 Å². The molecule has 0 saturated heterocycles. The Morgan fingerprint density at radius 1 is 1.12 bits per heavy atom. The van der Waals surface area contributed by atoms with Crippen molar-refractivity contribution in [3.8, 4) is 0 Å². The summed E-state index contributed by atoms with van der Waals surface area (Å²) in [5.41, 5.74) is 4.41. The largest absolute Gasteiger partial charge is 0.378 e. The molecule has 10 heteroatoms. The van der Waals surface area contributed by atoms with Gasteiger partial charge in [-0.05, 0) is 71.3 Å². The molecule has 1 amide bonds. The Kier molecular flexibility index (Phi) is 9.12. The second kappa shape index (κ2) is 12.0. The number of carbonyl (C=O) groups excluding carboxylic acids is 2. The molecule has 1 N–H and O–H groups in total. The minimum atomic E-state index is -0.597. The fourth-order valence-electron chi connectivity index (χ4n) is 3.38. The fourth-order valence-corrected chi connectivity index (χ4v) is 5.00. The van der Waals surface area contributed by atoms with Gasteiger partial charge < -0.3 is 10.2 Å². The third kappa shape index (κ3) is 6.83. The first-order chi connectivity index (χ1) is 16.3. The Balaban J connectivity index is 1.63. The second-order valence-electron chi connectivity index (χ2n) is 8.16. The molecule has 0 spiro atoms. The van der Waals surface area contributed by atoms with Gasteiger partial charge in [0.1, 0.15) is 6.54 Å². The molecule has 1 unspecified atom stereocenters. The van der Waals surface area contributed by atoms with Crippen LogP contribution in [0.5, 0.6) is 0 Å². The maximum absolute atomic E-state index is 13.0. The van der Waals surface area contributed by atoms with Crippen LogP contribution in [0.4, 0.5) is 10.5 Å². The van der Waals surface area contributed by atoms with E-state index in [1.54, 1.807) is 0 Å². The maximum Gasteiger partial charge on any atom is 0.279 e. The number of anilines is 1. The number of aromatic nitrogens is 4. The van der Waals surface area contributed by atoms with E-state index in [2.05, 4.69) is 51.7 Å². The number of Topliss-reactive ketones (excluding diaryl/α,β-unsaturated/α-hetero) is 1. The summed E-state index contributed by atoms with van der Waals surface area (Å²) in [5, 5.41) is 15.1. The first-order valence-electron chi connectivity index (χ1n) is 11.0. The number of thioether (sulfide) groups is 1. The van der Waals surface area contributed by atoms with Gasteiger partial charge in [0.15, 0.2) is 5.78 Å². The van der Waals surface area contributed by atoms with Gasteiger partial charge in [0.05, 0.1) is 6.04 Å². The molecule has 3 aromatic rings. The number of amides is 1. The molecule has 2 aromatic carbocycles. The van der Waals surface area contributed by atoms with Gasteiger partial charge in [-0.3, -0.25) is 9.59 Å². The van der Waals surface area contributed by atoms with Gasteiger partial charge in [-0.25, -0.2) is 4.68 Å². The normalized spacial score (nSPS) is 11.8. The van der Waals surface area contributed by atoms with Crippen LogP contribution in [0.3, 0.4) is 0 Å². The van der Waals surface area contributed by atoms with E-state index in [-0.39, 0.29) is 17.6 Å². The monoisotopic (exact) mass is 498 g/mol. The Hall–Kier alpha value is -2.85. The number of hydrogen-bond donors (Lipinski definition) is 1. The minimum Gasteiger partial charge on any atom is -0.378 e. The highest BCUT2D eigenvalue weighted by atomic mass is 32.2. The SMILES string of the molecule is CCC(NC(=O)SCc1ccccc1)C(=O)Cn1nnnc1Sc1c(C)cc(N(C)C)cc1C. The first kappa shape index (κ1) is 25.8. The molecule has 0 fully saturated rings. The van der Waals surface area contributed by atoms with Crippen molar-refractivity contribution in [2.45, 2.75) is 55.6 Å². The summed E-state index contributed by atoms with van der Waals surface area (Å²) in [6.45, 7) is 5.97. The Labute approximate surface area is 208 Å². The fraction of sp³-hybridized carbons (Fsp3) is 0.375. The van der Waals surface area contributed by atoms with Gasteiger partial charge in [0, 0.05) is 30.4 Å². The van der Waals surface area contributed by atoms with Crippen LogP contribution >= 0.6 is 23.5 Å². The molecule has 34 heavy (non-hydrogen) atoms. The Bertz CT molecular complexity index is 1110. The number of tetrazole rings is 1. The summed E-state index contributed by atoms with van der Waals surface area (Å²) in [4.78, 5) is 28.5. The summed E-state index contributed by atoms with van der Waals surface area (Å²) in [7, 11) is 4.02. The average Bonchev–Trinajstić information content (AvgIpc) is 3.25. The smallest absolute Gasteiger partial charge is 0.279 e. The molecule has 0 bridgehead atoms. The second-order valence-corrected chi connectivity index (χ2v) is 10.1. The van der Waals surface area contributed by atoms with Gasteiger partial charge in [-0.1, -0.05) is 49.0 Å². The van der Waals surface area contributed by atoms with Gasteiger partial charge in [-0.2, -0.15) is 0 Å². The standard InChI is InChI=1S/C24H30N6O2S2/c1-6-20(25-24(32)33-15-18-10-8-7-9-11-18)21(31)14-30-23(26-27-28-30)34-22-16(2)12-19(29(4)5)13-17(22)3/h7-13,20H,6,14-15H2,1-5H3,(H,25,32). The molecule has 0 aliphatic rings. The average molecular weight is 499 g/mol. The lowest BCUT2D eigenvalue weighted by Gasteiger charge is -2.18. The van der Waals surface area contributed by atoms with Crippen LogP contribution in [0.2, 0.25) is 0 Å². The quantitative estimate of drug-likeness (QED) is 0.437. The number of ketones is 1. The molecule has 1 heterocycles. The van der Waals surface area contributed by atoms with E-state index >= 15 is 0 Å². The van der Waals surface area contributed by atoms with E-state index in [0.717, 1.165) is 39.0 Å². The van der Waals surface area contributed by atoms with E-state index in [4.69, 9.17) is 0 Å². The van der Waals surface area contributed by atoms with Crippen LogP contribution in [0, 0.1) is 13.8 Å². The zero-order valence-electron chi connectivity index (χ0n) is 20.1. The Morgan fingerprint density at radius 2 is 1.79 bits per heavy atom. The number of rotatable bonds is 10. The van der Waals surface area contributed by atoms with Crippen molar-refractivity contribution in [1.29, 1.82) is 0 Å². The van der Waals surface area contributed by atoms with Crippen molar-refractivity contribution < 1.29 is 9.59 Å². The number of benzene rings is 2. The van der Waals surface area contributed by atoms with Crippen LogP contribution in [-0.2, 0) is 17.1 Å². The summed E-state index contributed by atoms with van der Waals surface area (Å²) in [6, 6.07) is 13.4. The van der Waals surface area contributed by atoms with E-state index in [1.165, 1.54) is 16.4 Å². The predicted octanol–water partition coefficient (Wildman–Crippen LogP) is 4.50. The van der Waals surface area contributed by atoms with Gasteiger partial charge in [0.25, 0.3) is 5.24 Å². The van der Waals surface area contributed by atoms with Gasteiger partial charge in [0.2, 0.25) is 5.16 Å². The highest BCUT2D eigenvalue weighted by Gasteiger charge is 2.22. The zero-order valence-corrected chi connectivity index (χ0v) is 21.7. The number of nitrogens with one attached hydrogen (secondary N) is 1. The summed E-state index contributed by atoms with van der Waals surface area (Å²) in [5.74, 6) is 0.415. The van der Waals surface area contributed by atoms with Crippen molar-refractivity contribution >= 4 is 40.2 Å². The third-order valence-corrected chi connectivity index (χ3v) is 7.44. The van der Waals surface area contributed by atoms with Crippen molar-refractivity contribution in [2.24, 2.45) is 0 Å². The number of hydrogen-bond acceptors (Lipinski definition) is 8. The zero-order chi connectivity index (χ0) is 24.7. The van der Waals surface area contributed by atoms with Gasteiger partial charge >= 0.3 is 0 Å². The Morgan fingerprint density at radius 3 is 2.41 bits per heavy atom. The number of carbonyl (C=O) groups is 2. The lowest BCUT2D eigenvalue weighted by molar-refractivity contribution is -0.121. The van der Waals surface area contributed by atoms with E-state index in [1.807, 2.05) is 51.4 Å². The molecule has 180 valence electrons. The van der Waals surface area contributed by atoms with E-state index in [0.29, 0.717) is 17.3 Å². The van der Waals surface area contributed by atoms with Crippen LogP contribution in [0.15, 0.2) is 52.5 Å². The highest BCUT2D eigenvalue weighted by molar-refractivity contribution is 8.12. The third-order valence-electron chi connectivity index (χ3n) is 5.26. The lowest BCUT2D eigenvalue weighted by atomic mass is 10.1. The molecular weight excluding hydrogens is 468 g/mol. The molecular formula is C24H30N6O2S2. The molecule has 0 aliphatic heterocycles. The summed E-state index contributed by atoms with van der Waals surface area (Å²) in [6.07, 6.45) is 0.491. The lowest BCUT2D eigenvalue weighted by Crippen LogP contribution is -2.40. The highest BCUT2D eigenvalue weighted by Crippen LogP contribution is 2.34. The molecule has 1 aromatic heterocycles. The molecule has 0 aliphatic carbocycles. The van der Waals surface area contributed by atoms with Crippen LogP contribution in [0.1, 0.15) is 30.0 Å². The summed E-state index contributed by atoms with van der Waals surface area (Å²) >= 11 is 2.59. The van der Waals surface area contributed by atoms with Crippen molar-refractivity contribution in [2.75, 3.05) is 19.0 Å². The minimum absolute atomic E-state index is 0.00858.